The summed E-state index contributed by atoms with van der Waals surface area (Å²) in [7, 11) is 1.85. The Bertz CT molecular complexity index is 381. The maximum atomic E-state index is 11.8. The molecule has 0 saturated carbocycles. The molecule has 1 unspecified atom stereocenters. The lowest BCUT2D eigenvalue weighted by molar-refractivity contribution is -0.125. The SMILES string of the molecule is CNCC(C)C(=O)N[C@@H](C)c1cccc(Br)c1. The maximum absolute atomic E-state index is 11.8. The van der Waals surface area contributed by atoms with Crippen LogP contribution in [0.4, 0.5) is 0 Å². The smallest absolute Gasteiger partial charge is 0.224 e. The van der Waals surface area contributed by atoms with Crippen LogP contribution in [0.3, 0.4) is 0 Å². The Hall–Kier alpha value is -0.870. The summed E-state index contributed by atoms with van der Waals surface area (Å²) in [6.07, 6.45) is 0. The molecule has 3 nitrogen and oxygen atoms in total. The Morgan fingerprint density at radius 2 is 2.12 bits per heavy atom. The Kier molecular flexibility index (Phi) is 5.65. The Morgan fingerprint density at radius 3 is 2.71 bits per heavy atom. The Labute approximate surface area is 111 Å². The van der Waals surface area contributed by atoms with E-state index in [1.54, 1.807) is 0 Å². The van der Waals surface area contributed by atoms with E-state index in [0.29, 0.717) is 6.54 Å². The minimum Gasteiger partial charge on any atom is -0.349 e. The van der Waals surface area contributed by atoms with Crippen LogP contribution >= 0.6 is 15.9 Å². The van der Waals surface area contributed by atoms with Crippen molar-refractivity contribution in [1.29, 1.82) is 0 Å². The minimum atomic E-state index is -0.0189. The van der Waals surface area contributed by atoms with E-state index < -0.39 is 0 Å². The van der Waals surface area contributed by atoms with Crippen LogP contribution in [-0.2, 0) is 4.79 Å². The lowest BCUT2D eigenvalue weighted by Gasteiger charge is -2.18. The molecular weight excluding hydrogens is 280 g/mol. The highest BCUT2D eigenvalue weighted by molar-refractivity contribution is 9.10. The molecule has 0 aromatic heterocycles. The first-order valence-electron chi connectivity index (χ1n) is 5.75. The first kappa shape index (κ1) is 14.2. The molecule has 4 heteroatoms. The second-order valence-corrected chi connectivity index (χ2v) is 5.16. The highest BCUT2D eigenvalue weighted by Crippen LogP contribution is 2.18. The van der Waals surface area contributed by atoms with Crippen LogP contribution in [0.5, 0.6) is 0 Å². The number of hydrogen-bond donors (Lipinski definition) is 2. The summed E-state index contributed by atoms with van der Waals surface area (Å²) in [6, 6.07) is 8.01. The van der Waals surface area contributed by atoms with Crippen molar-refractivity contribution in [1.82, 2.24) is 10.6 Å². The fourth-order valence-electron chi connectivity index (χ4n) is 1.61. The standard InChI is InChI=1S/C13H19BrN2O/c1-9(8-15-3)13(17)16-10(2)11-5-4-6-12(14)7-11/h4-7,9-10,15H,8H2,1-3H3,(H,16,17)/t9?,10-/m0/s1. The van der Waals surface area contributed by atoms with Crippen LogP contribution in [0.1, 0.15) is 25.5 Å². The number of benzene rings is 1. The topological polar surface area (TPSA) is 41.1 Å². The van der Waals surface area contributed by atoms with Gasteiger partial charge in [-0.1, -0.05) is 35.0 Å². The van der Waals surface area contributed by atoms with Gasteiger partial charge in [-0.25, -0.2) is 0 Å². The van der Waals surface area contributed by atoms with Gasteiger partial charge in [-0.05, 0) is 31.7 Å². The third kappa shape index (κ3) is 4.48. The molecule has 1 aromatic rings. The lowest BCUT2D eigenvalue weighted by atomic mass is 10.1. The number of carbonyl (C=O) groups is 1. The first-order valence-corrected chi connectivity index (χ1v) is 6.54. The van der Waals surface area contributed by atoms with E-state index in [2.05, 4.69) is 26.6 Å². The fraction of sp³-hybridized carbons (Fsp3) is 0.462. The van der Waals surface area contributed by atoms with Crippen molar-refractivity contribution in [2.75, 3.05) is 13.6 Å². The second-order valence-electron chi connectivity index (χ2n) is 4.24. The second kappa shape index (κ2) is 6.77. The van der Waals surface area contributed by atoms with Gasteiger partial charge in [0.1, 0.15) is 0 Å². The molecule has 2 N–H and O–H groups in total. The molecule has 0 aliphatic rings. The number of carbonyl (C=O) groups excluding carboxylic acids is 1. The molecule has 1 amide bonds. The van der Waals surface area contributed by atoms with Gasteiger partial charge >= 0.3 is 0 Å². The molecule has 0 fully saturated rings. The number of halogens is 1. The summed E-state index contributed by atoms with van der Waals surface area (Å²) >= 11 is 3.43. The predicted molar refractivity (Wildman–Crippen MR) is 73.8 cm³/mol. The quantitative estimate of drug-likeness (QED) is 0.877. The van der Waals surface area contributed by atoms with E-state index in [1.807, 2.05) is 45.2 Å². The molecule has 0 radical (unpaired) electrons. The van der Waals surface area contributed by atoms with Gasteiger partial charge in [-0.2, -0.15) is 0 Å². The average molecular weight is 299 g/mol. The van der Waals surface area contributed by atoms with Crippen molar-refractivity contribution in [2.45, 2.75) is 19.9 Å². The fourth-order valence-corrected chi connectivity index (χ4v) is 2.03. The summed E-state index contributed by atoms with van der Waals surface area (Å²) < 4.78 is 1.03. The number of nitrogens with one attached hydrogen (secondary N) is 2. The Balaban J connectivity index is 2.60. The largest absolute Gasteiger partial charge is 0.349 e. The van der Waals surface area contributed by atoms with Crippen molar-refractivity contribution >= 4 is 21.8 Å². The number of rotatable bonds is 5. The van der Waals surface area contributed by atoms with Gasteiger partial charge in [-0.15, -0.1) is 0 Å². The summed E-state index contributed by atoms with van der Waals surface area (Å²) in [5.41, 5.74) is 1.10. The third-order valence-electron chi connectivity index (χ3n) is 2.67. The normalized spacial score (nSPS) is 14.1. The van der Waals surface area contributed by atoms with Crippen molar-refractivity contribution in [2.24, 2.45) is 5.92 Å². The zero-order chi connectivity index (χ0) is 12.8. The first-order chi connectivity index (χ1) is 8.04. The van der Waals surface area contributed by atoms with Gasteiger partial charge < -0.3 is 10.6 Å². The van der Waals surface area contributed by atoms with Crippen molar-refractivity contribution in [3.8, 4) is 0 Å². The van der Waals surface area contributed by atoms with Crippen molar-refractivity contribution in [3.63, 3.8) is 0 Å². The summed E-state index contributed by atoms with van der Waals surface area (Å²) in [4.78, 5) is 11.8. The van der Waals surface area contributed by atoms with Crippen LogP contribution < -0.4 is 10.6 Å². The molecule has 0 saturated heterocycles. The van der Waals surface area contributed by atoms with Crippen LogP contribution in [0.15, 0.2) is 28.7 Å². The summed E-state index contributed by atoms with van der Waals surface area (Å²) in [5.74, 6) is 0.0569. The van der Waals surface area contributed by atoms with Gasteiger partial charge in [0.2, 0.25) is 5.91 Å². The Morgan fingerprint density at radius 1 is 1.41 bits per heavy atom. The van der Waals surface area contributed by atoms with E-state index in [4.69, 9.17) is 0 Å². The van der Waals surface area contributed by atoms with E-state index in [-0.39, 0.29) is 17.9 Å². The molecule has 1 rings (SSSR count). The van der Waals surface area contributed by atoms with Gasteiger partial charge in [0.15, 0.2) is 0 Å². The number of amides is 1. The van der Waals surface area contributed by atoms with Crippen molar-refractivity contribution < 1.29 is 4.79 Å². The van der Waals surface area contributed by atoms with Gasteiger partial charge in [0.05, 0.1) is 6.04 Å². The van der Waals surface area contributed by atoms with E-state index in [9.17, 15) is 4.79 Å². The molecule has 0 aliphatic heterocycles. The highest BCUT2D eigenvalue weighted by atomic mass is 79.9. The van der Waals surface area contributed by atoms with Gasteiger partial charge in [0.25, 0.3) is 0 Å². The molecule has 0 spiro atoms. The average Bonchev–Trinajstić information content (AvgIpc) is 2.29. The van der Waals surface area contributed by atoms with Gasteiger partial charge in [-0.3, -0.25) is 4.79 Å². The zero-order valence-corrected chi connectivity index (χ0v) is 12.0. The zero-order valence-electron chi connectivity index (χ0n) is 10.5. The lowest BCUT2D eigenvalue weighted by Crippen LogP contribution is -2.35. The highest BCUT2D eigenvalue weighted by Gasteiger charge is 2.15. The van der Waals surface area contributed by atoms with Crippen LogP contribution in [-0.4, -0.2) is 19.5 Å². The minimum absolute atomic E-state index is 0.0189. The van der Waals surface area contributed by atoms with Crippen LogP contribution in [0, 0.1) is 5.92 Å². The third-order valence-corrected chi connectivity index (χ3v) is 3.16. The molecule has 0 aliphatic carbocycles. The molecule has 0 bridgehead atoms. The summed E-state index contributed by atoms with van der Waals surface area (Å²) in [6.45, 7) is 4.60. The maximum Gasteiger partial charge on any atom is 0.224 e. The predicted octanol–water partition coefficient (Wildman–Crippen LogP) is 2.48. The summed E-state index contributed by atoms with van der Waals surface area (Å²) in [5, 5.41) is 6.01. The molecule has 17 heavy (non-hydrogen) atoms. The molecule has 94 valence electrons. The number of hydrogen-bond acceptors (Lipinski definition) is 2. The van der Waals surface area contributed by atoms with Crippen LogP contribution in [0.25, 0.3) is 0 Å². The van der Waals surface area contributed by atoms with E-state index in [0.717, 1.165) is 10.0 Å². The van der Waals surface area contributed by atoms with Crippen LogP contribution in [0.2, 0.25) is 0 Å². The molecule has 1 aromatic carbocycles. The van der Waals surface area contributed by atoms with Crippen molar-refractivity contribution in [3.05, 3.63) is 34.3 Å². The van der Waals surface area contributed by atoms with Gasteiger partial charge in [0, 0.05) is 16.9 Å². The van der Waals surface area contributed by atoms with E-state index >= 15 is 0 Å². The van der Waals surface area contributed by atoms with E-state index in [1.165, 1.54) is 0 Å². The molecular formula is C13H19BrN2O. The molecule has 2 atom stereocenters. The molecule has 0 heterocycles. The monoisotopic (exact) mass is 298 g/mol.